The molecule has 5 nitrogen and oxygen atoms in total. The van der Waals surface area contributed by atoms with Crippen molar-refractivity contribution in [1.82, 2.24) is 10.2 Å². The molecule has 0 aliphatic heterocycles. The van der Waals surface area contributed by atoms with Gasteiger partial charge in [0, 0.05) is 0 Å². The predicted octanol–water partition coefficient (Wildman–Crippen LogP) is 1.95. The number of anilines is 1. The summed E-state index contributed by atoms with van der Waals surface area (Å²) >= 11 is 5.40. The van der Waals surface area contributed by atoms with Gasteiger partial charge in [0.1, 0.15) is 5.82 Å². The molecule has 1 aromatic heterocycles. The maximum absolute atomic E-state index is 12.6. The van der Waals surface area contributed by atoms with Crippen LogP contribution in [-0.2, 0) is 4.79 Å². The van der Waals surface area contributed by atoms with Gasteiger partial charge in [-0.1, -0.05) is 11.6 Å². The number of halogens is 4. The Hall–Kier alpha value is -1.57. The third-order valence-electron chi connectivity index (χ3n) is 2.00. The van der Waals surface area contributed by atoms with Gasteiger partial charge < -0.3 is 10.4 Å². The Morgan fingerprint density at radius 3 is 2.35 bits per heavy atom. The predicted molar refractivity (Wildman–Crippen MR) is 52.8 cm³/mol. The first-order valence-corrected chi connectivity index (χ1v) is 4.62. The van der Waals surface area contributed by atoms with Crippen LogP contribution in [0.15, 0.2) is 12.1 Å². The fourth-order valence-electron chi connectivity index (χ4n) is 0.884. The van der Waals surface area contributed by atoms with Crippen LogP contribution in [0.3, 0.4) is 0 Å². The first-order valence-electron chi connectivity index (χ1n) is 4.24. The van der Waals surface area contributed by atoms with Crippen molar-refractivity contribution in [3.63, 3.8) is 0 Å². The largest absolute Gasteiger partial charge is 0.479 e. The number of alkyl halides is 3. The Kier molecular flexibility index (Phi) is 3.46. The highest BCUT2D eigenvalue weighted by molar-refractivity contribution is 6.29. The first-order chi connectivity index (χ1) is 7.67. The molecule has 0 spiro atoms. The number of aromatic nitrogens is 2. The van der Waals surface area contributed by atoms with Crippen molar-refractivity contribution in [3.05, 3.63) is 17.3 Å². The molecule has 17 heavy (non-hydrogen) atoms. The van der Waals surface area contributed by atoms with Crippen LogP contribution in [0.5, 0.6) is 0 Å². The molecular weight excluding hydrogens is 263 g/mol. The van der Waals surface area contributed by atoms with Gasteiger partial charge >= 0.3 is 12.1 Å². The summed E-state index contributed by atoms with van der Waals surface area (Å²) in [5.41, 5.74) is -3.14. The molecule has 1 rings (SSSR count). The minimum absolute atomic E-state index is 0.0143. The van der Waals surface area contributed by atoms with E-state index in [-0.39, 0.29) is 11.0 Å². The fourth-order valence-corrected chi connectivity index (χ4v) is 0.985. The van der Waals surface area contributed by atoms with Crippen LogP contribution in [-0.4, -0.2) is 33.0 Å². The van der Waals surface area contributed by atoms with E-state index < -0.39 is 17.7 Å². The summed E-state index contributed by atoms with van der Waals surface area (Å²) in [6.45, 7) is 0.492. The van der Waals surface area contributed by atoms with Crippen LogP contribution in [0.1, 0.15) is 6.92 Å². The van der Waals surface area contributed by atoms with Crippen LogP contribution in [0, 0.1) is 0 Å². The van der Waals surface area contributed by atoms with Gasteiger partial charge in [-0.3, -0.25) is 0 Å². The molecule has 1 unspecified atom stereocenters. The molecular formula is C8H7ClF3N3O2. The number of hydrogen-bond acceptors (Lipinski definition) is 4. The molecule has 94 valence electrons. The zero-order chi connectivity index (χ0) is 13.3. The highest BCUT2D eigenvalue weighted by Gasteiger charge is 2.57. The van der Waals surface area contributed by atoms with E-state index in [2.05, 4.69) is 10.2 Å². The molecule has 0 aliphatic carbocycles. The van der Waals surface area contributed by atoms with Crippen molar-refractivity contribution in [2.75, 3.05) is 5.32 Å². The van der Waals surface area contributed by atoms with Crippen molar-refractivity contribution in [2.24, 2.45) is 0 Å². The molecule has 2 N–H and O–H groups in total. The minimum atomic E-state index is -4.99. The number of hydrogen-bond donors (Lipinski definition) is 2. The van der Waals surface area contributed by atoms with Crippen molar-refractivity contribution in [2.45, 2.75) is 18.6 Å². The molecule has 0 amide bonds. The maximum Gasteiger partial charge on any atom is 0.422 e. The van der Waals surface area contributed by atoms with E-state index in [1.54, 1.807) is 5.32 Å². The summed E-state index contributed by atoms with van der Waals surface area (Å²) in [4.78, 5) is 10.7. The van der Waals surface area contributed by atoms with E-state index in [0.29, 0.717) is 6.92 Å². The Labute approximate surface area is 98.6 Å². The van der Waals surface area contributed by atoms with Gasteiger partial charge in [0.25, 0.3) is 0 Å². The van der Waals surface area contributed by atoms with E-state index in [9.17, 15) is 18.0 Å². The summed E-state index contributed by atoms with van der Waals surface area (Å²) in [6, 6.07) is 2.29. The van der Waals surface area contributed by atoms with Gasteiger partial charge in [0.2, 0.25) is 5.54 Å². The molecule has 0 bridgehead atoms. The number of carboxylic acids is 1. The van der Waals surface area contributed by atoms with Gasteiger partial charge in [-0.25, -0.2) is 4.79 Å². The first kappa shape index (κ1) is 13.5. The Morgan fingerprint density at radius 1 is 1.41 bits per heavy atom. The summed E-state index contributed by atoms with van der Waals surface area (Å²) in [7, 11) is 0. The van der Waals surface area contributed by atoms with Crippen LogP contribution in [0.2, 0.25) is 5.15 Å². The summed E-state index contributed by atoms with van der Waals surface area (Å²) in [6.07, 6.45) is -4.99. The minimum Gasteiger partial charge on any atom is -0.479 e. The summed E-state index contributed by atoms with van der Waals surface area (Å²) < 4.78 is 37.8. The molecule has 0 saturated carbocycles. The van der Waals surface area contributed by atoms with Crippen LogP contribution in [0.25, 0.3) is 0 Å². The lowest BCUT2D eigenvalue weighted by Crippen LogP contribution is -2.55. The normalized spacial score (nSPS) is 15.1. The average Bonchev–Trinajstić information content (AvgIpc) is 2.19. The lowest BCUT2D eigenvalue weighted by Gasteiger charge is -2.28. The van der Waals surface area contributed by atoms with Gasteiger partial charge in [0.05, 0.1) is 0 Å². The molecule has 0 aliphatic rings. The van der Waals surface area contributed by atoms with Crippen molar-refractivity contribution in [3.8, 4) is 0 Å². The Balaban J connectivity index is 3.04. The number of aliphatic carboxylic acids is 1. The molecule has 9 heteroatoms. The highest BCUT2D eigenvalue weighted by Crippen LogP contribution is 2.33. The summed E-state index contributed by atoms with van der Waals surface area (Å²) in [5, 5.41) is 17.0. The molecule has 1 atom stereocenters. The van der Waals surface area contributed by atoms with Crippen LogP contribution >= 0.6 is 11.6 Å². The topological polar surface area (TPSA) is 75.1 Å². The van der Waals surface area contributed by atoms with E-state index in [1.807, 2.05) is 0 Å². The average molecular weight is 270 g/mol. The smallest absolute Gasteiger partial charge is 0.422 e. The SMILES string of the molecule is CC(Nc1ccc(Cl)nn1)(C(=O)O)C(F)(F)F. The van der Waals surface area contributed by atoms with Gasteiger partial charge in [-0.15, -0.1) is 10.2 Å². The fraction of sp³-hybridized carbons (Fsp3) is 0.375. The van der Waals surface area contributed by atoms with Gasteiger partial charge in [-0.2, -0.15) is 13.2 Å². The van der Waals surface area contributed by atoms with Crippen LogP contribution < -0.4 is 5.32 Å². The Morgan fingerprint density at radius 2 is 2.00 bits per heavy atom. The zero-order valence-corrected chi connectivity index (χ0v) is 9.17. The zero-order valence-electron chi connectivity index (χ0n) is 8.42. The Bertz CT molecular complexity index is 423. The second kappa shape index (κ2) is 4.36. The van der Waals surface area contributed by atoms with E-state index in [0.717, 1.165) is 6.07 Å². The second-order valence-electron chi connectivity index (χ2n) is 3.29. The lowest BCUT2D eigenvalue weighted by atomic mass is 10.0. The second-order valence-corrected chi connectivity index (χ2v) is 3.68. The van der Waals surface area contributed by atoms with E-state index >= 15 is 0 Å². The number of nitrogens with zero attached hydrogens (tertiary/aromatic N) is 2. The molecule has 0 aromatic carbocycles. The molecule has 1 aromatic rings. The number of rotatable bonds is 3. The summed E-state index contributed by atoms with van der Waals surface area (Å²) in [5.74, 6) is -2.40. The molecule has 0 fully saturated rings. The van der Waals surface area contributed by atoms with Crippen molar-refractivity contribution in [1.29, 1.82) is 0 Å². The number of nitrogens with one attached hydrogen (secondary N) is 1. The van der Waals surface area contributed by atoms with Crippen LogP contribution in [0.4, 0.5) is 19.0 Å². The maximum atomic E-state index is 12.6. The highest BCUT2D eigenvalue weighted by atomic mass is 35.5. The quantitative estimate of drug-likeness (QED) is 0.877. The number of carbonyl (C=O) groups is 1. The van der Waals surface area contributed by atoms with E-state index in [1.165, 1.54) is 6.07 Å². The number of carboxylic acid groups (broad SMARTS) is 1. The molecule has 1 heterocycles. The van der Waals surface area contributed by atoms with Gasteiger partial charge in [-0.05, 0) is 19.1 Å². The molecule has 0 radical (unpaired) electrons. The third kappa shape index (κ3) is 2.76. The van der Waals surface area contributed by atoms with E-state index in [4.69, 9.17) is 16.7 Å². The third-order valence-corrected chi connectivity index (χ3v) is 2.21. The standard InChI is InChI=1S/C8H7ClF3N3O2/c1-7(6(16)17,8(10,11)12)13-5-3-2-4(9)14-15-5/h2-3H,1H3,(H,13,15)(H,16,17). The monoisotopic (exact) mass is 269 g/mol. The van der Waals surface area contributed by atoms with Crippen molar-refractivity contribution >= 4 is 23.4 Å². The van der Waals surface area contributed by atoms with Gasteiger partial charge in [0.15, 0.2) is 5.15 Å². The molecule has 0 saturated heterocycles. The van der Waals surface area contributed by atoms with Crippen molar-refractivity contribution < 1.29 is 23.1 Å². The lowest BCUT2D eigenvalue weighted by molar-refractivity contribution is -0.192.